The molecule has 0 spiro atoms. The van der Waals surface area contributed by atoms with Crippen molar-refractivity contribution in [3.8, 4) is 0 Å². The van der Waals surface area contributed by atoms with Gasteiger partial charge in [0.05, 0.1) is 0 Å². The molecule has 0 saturated heterocycles. The van der Waals surface area contributed by atoms with Crippen molar-refractivity contribution in [2.45, 2.75) is 19.4 Å². The third kappa shape index (κ3) is 3.05. The van der Waals surface area contributed by atoms with E-state index >= 15 is 0 Å². The molecule has 0 radical (unpaired) electrons. The van der Waals surface area contributed by atoms with Crippen LogP contribution in [0.1, 0.15) is 23.9 Å². The van der Waals surface area contributed by atoms with Gasteiger partial charge in [0.1, 0.15) is 0 Å². The molecule has 2 N–H and O–H groups in total. The third-order valence-corrected chi connectivity index (χ3v) is 1.94. The first-order valence-corrected chi connectivity index (χ1v) is 4.68. The Hall–Kier alpha value is -1.00. The van der Waals surface area contributed by atoms with E-state index in [9.17, 15) is 4.79 Å². The van der Waals surface area contributed by atoms with Gasteiger partial charge in [-0.3, -0.25) is 4.79 Å². The van der Waals surface area contributed by atoms with Crippen LogP contribution in [0.3, 0.4) is 0 Å². The Morgan fingerprint density at radius 2 is 2.43 bits per heavy atom. The topological polar surface area (TPSA) is 62.5 Å². The minimum absolute atomic E-state index is 0.0420. The fourth-order valence-electron chi connectivity index (χ4n) is 0.997. The molecule has 5 heteroatoms. The summed E-state index contributed by atoms with van der Waals surface area (Å²) in [5.41, 5.74) is 0. The molecule has 0 aliphatic carbocycles. The Kier molecular flexibility index (Phi) is 3.98. The lowest BCUT2D eigenvalue weighted by molar-refractivity contribution is 0.0906. The average Bonchev–Trinajstić information content (AvgIpc) is 2.52. The summed E-state index contributed by atoms with van der Waals surface area (Å²) in [6, 6.07) is 2.92. The summed E-state index contributed by atoms with van der Waals surface area (Å²) in [5, 5.41) is 11.5. The van der Waals surface area contributed by atoms with Gasteiger partial charge in [0.2, 0.25) is 0 Å². The van der Waals surface area contributed by atoms with Gasteiger partial charge in [0.25, 0.3) is 5.91 Å². The normalized spacial score (nSPS) is 12.5. The van der Waals surface area contributed by atoms with Crippen LogP contribution in [0.15, 0.2) is 16.5 Å². The smallest absolute Gasteiger partial charge is 0.287 e. The summed E-state index contributed by atoms with van der Waals surface area (Å²) in [6.07, 6.45) is 0.514. The molecule has 0 aliphatic rings. The molecule has 4 nitrogen and oxygen atoms in total. The van der Waals surface area contributed by atoms with Crippen LogP contribution in [0, 0.1) is 0 Å². The maximum atomic E-state index is 11.4. The van der Waals surface area contributed by atoms with Crippen LogP contribution >= 0.6 is 11.6 Å². The van der Waals surface area contributed by atoms with Crippen molar-refractivity contribution < 1.29 is 14.3 Å². The lowest BCUT2D eigenvalue weighted by Gasteiger charge is -2.10. The van der Waals surface area contributed by atoms with Crippen molar-refractivity contribution in [2.24, 2.45) is 0 Å². The van der Waals surface area contributed by atoms with Crippen molar-refractivity contribution >= 4 is 17.5 Å². The Morgan fingerprint density at radius 1 is 1.71 bits per heavy atom. The monoisotopic (exact) mass is 217 g/mol. The van der Waals surface area contributed by atoms with E-state index in [-0.39, 0.29) is 29.5 Å². The van der Waals surface area contributed by atoms with E-state index in [1.165, 1.54) is 12.1 Å². The number of furan rings is 1. The van der Waals surface area contributed by atoms with Gasteiger partial charge >= 0.3 is 0 Å². The highest BCUT2D eigenvalue weighted by Gasteiger charge is 2.12. The summed E-state index contributed by atoms with van der Waals surface area (Å²) < 4.78 is 4.92. The van der Waals surface area contributed by atoms with E-state index in [0.717, 1.165) is 0 Å². The number of carbonyl (C=O) groups excluding carboxylic acids is 1. The van der Waals surface area contributed by atoms with Crippen molar-refractivity contribution in [3.63, 3.8) is 0 Å². The number of halogens is 1. The number of aliphatic hydroxyl groups excluding tert-OH is 1. The van der Waals surface area contributed by atoms with E-state index in [4.69, 9.17) is 21.1 Å². The number of aliphatic hydroxyl groups is 1. The highest BCUT2D eigenvalue weighted by atomic mass is 35.5. The molecule has 1 unspecified atom stereocenters. The zero-order chi connectivity index (χ0) is 10.6. The highest BCUT2D eigenvalue weighted by Crippen LogP contribution is 2.12. The number of hydrogen-bond donors (Lipinski definition) is 2. The second-order valence-electron chi connectivity index (χ2n) is 2.99. The van der Waals surface area contributed by atoms with Crippen molar-refractivity contribution in [1.29, 1.82) is 0 Å². The molecule has 78 valence electrons. The maximum Gasteiger partial charge on any atom is 0.287 e. The van der Waals surface area contributed by atoms with Gasteiger partial charge in [0, 0.05) is 12.6 Å². The van der Waals surface area contributed by atoms with Crippen LogP contribution in [0.5, 0.6) is 0 Å². The number of carbonyl (C=O) groups is 1. The number of nitrogens with one attached hydrogen (secondary N) is 1. The van der Waals surface area contributed by atoms with Crippen LogP contribution < -0.4 is 5.32 Å². The molecule has 0 aliphatic heterocycles. The first kappa shape index (κ1) is 11.1. The fraction of sp³-hybridized carbons (Fsp3) is 0.444. The maximum absolute atomic E-state index is 11.4. The van der Waals surface area contributed by atoms with Gasteiger partial charge in [-0.2, -0.15) is 0 Å². The van der Waals surface area contributed by atoms with Gasteiger partial charge in [-0.25, -0.2) is 0 Å². The summed E-state index contributed by atoms with van der Waals surface area (Å²) in [5.74, 6) is -0.141. The summed E-state index contributed by atoms with van der Waals surface area (Å²) >= 11 is 5.52. The molecule has 0 bridgehead atoms. The zero-order valence-electron chi connectivity index (χ0n) is 7.79. The molecule has 1 amide bonds. The van der Waals surface area contributed by atoms with Crippen LogP contribution in [0.4, 0.5) is 0 Å². The quantitative estimate of drug-likeness (QED) is 0.802. The van der Waals surface area contributed by atoms with Gasteiger partial charge in [-0.15, -0.1) is 0 Å². The second-order valence-corrected chi connectivity index (χ2v) is 3.36. The minimum Gasteiger partial charge on any atom is -0.440 e. The number of rotatable bonds is 4. The molecule has 1 atom stereocenters. The largest absolute Gasteiger partial charge is 0.440 e. The van der Waals surface area contributed by atoms with Crippen LogP contribution in [-0.2, 0) is 0 Å². The van der Waals surface area contributed by atoms with Gasteiger partial charge < -0.3 is 14.8 Å². The molecule has 1 heterocycles. The lowest BCUT2D eigenvalue weighted by Crippen LogP contribution is -2.32. The SMILES string of the molecule is CC(CCO)NC(=O)c1ccc(Cl)o1. The first-order chi connectivity index (χ1) is 6.63. The molecular formula is C9H12ClNO3. The lowest BCUT2D eigenvalue weighted by atomic mass is 10.2. The average molecular weight is 218 g/mol. The molecule has 1 aromatic heterocycles. The predicted octanol–water partition coefficient (Wildman–Crippen LogP) is 1.43. The number of amides is 1. The molecule has 14 heavy (non-hydrogen) atoms. The Labute approximate surface area is 86.9 Å². The Morgan fingerprint density at radius 3 is 2.93 bits per heavy atom. The first-order valence-electron chi connectivity index (χ1n) is 4.30. The predicted molar refractivity (Wildman–Crippen MR) is 52.3 cm³/mol. The standard InChI is InChI=1S/C9H12ClNO3/c1-6(4-5-12)11-9(13)7-2-3-8(10)14-7/h2-3,6,12H,4-5H2,1H3,(H,11,13). The van der Waals surface area contributed by atoms with Gasteiger partial charge in [0.15, 0.2) is 11.0 Å². The second kappa shape index (κ2) is 5.02. The third-order valence-electron chi connectivity index (χ3n) is 1.74. The Balaban J connectivity index is 2.50. The van der Waals surface area contributed by atoms with Gasteiger partial charge in [-0.05, 0) is 37.1 Å². The van der Waals surface area contributed by atoms with Crippen molar-refractivity contribution in [2.75, 3.05) is 6.61 Å². The molecule has 0 fully saturated rings. The Bertz CT molecular complexity index is 311. The molecule has 1 rings (SSSR count). The molecular weight excluding hydrogens is 206 g/mol. The van der Waals surface area contributed by atoms with Crippen LogP contribution in [-0.4, -0.2) is 23.7 Å². The van der Waals surface area contributed by atoms with E-state index < -0.39 is 0 Å². The van der Waals surface area contributed by atoms with Crippen LogP contribution in [0.2, 0.25) is 5.22 Å². The molecule has 1 aromatic rings. The molecule has 0 aromatic carbocycles. The minimum atomic E-state index is -0.321. The van der Waals surface area contributed by atoms with Crippen LogP contribution in [0.25, 0.3) is 0 Å². The zero-order valence-corrected chi connectivity index (χ0v) is 8.54. The van der Waals surface area contributed by atoms with E-state index in [1.807, 2.05) is 0 Å². The van der Waals surface area contributed by atoms with E-state index in [2.05, 4.69) is 5.32 Å². The summed E-state index contributed by atoms with van der Waals surface area (Å²) in [6.45, 7) is 1.85. The van der Waals surface area contributed by atoms with Gasteiger partial charge in [-0.1, -0.05) is 0 Å². The fourth-order valence-corrected chi connectivity index (χ4v) is 1.14. The van der Waals surface area contributed by atoms with Crippen molar-refractivity contribution in [3.05, 3.63) is 23.1 Å². The summed E-state index contributed by atoms with van der Waals surface area (Å²) in [4.78, 5) is 11.4. The van der Waals surface area contributed by atoms with Crippen molar-refractivity contribution in [1.82, 2.24) is 5.32 Å². The highest BCUT2D eigenvalue weighted by molar-refractivity contribution is 6.29. The number of hydrogen-bond acceptors (Lipinski definition) is 3. The molecule has 0 saturated carbocycles. The van der Waals surface area contributed by atoms with E-state index in [0.29, 0.717) is 6.42 Å². The summed E-state index contributed by atoms with van der Waals surface area (Å²) in [7, 11) is 0. The van der Waals surface area contributed by atoms with E-state index in [1.54, 1.807) is 6.92 Å².